The van der Waals surface area contributed by atoms with E-state index in [-0.39, 0.29) is 17.7 Å². The lowest BCUT2D eigenvalue weighted by molar-refractivity contribution is -0.123. The van der Waals surface area contributed by atoms with Crippen molar-refractivity contribution >= 4 is 33.0 Å². The maximum atomic E-state index is 14.4. The number of aryl methyl sites for hydroxylation is 1. The summed E-state index contributed by atoms with van der Waals surface area (Å²) in [6.45, 7) is 1.71. The van der Waals surface area contributed by atoms with Gasteiger partial charge in [0.15, 0.2) is 9.84 Å². The van der Waals surface area contributed by atoms with Crippen molar-refractivity contribution in [3.05, 3.63) is 95.3 Å². The quantitative estimate of drug-likeness (QED) is 0.614. The molecule has 1 fully saturated rings. The van der Waals surface area contributed by atoms with Gasteiger partial charge in [-0.2, -0.15) is 0 Å². The number of para-hydroxylation sites is 1. The fraction of sp³-hybridized carbons (Fsp3) is 0.167. The smallest absolute Gasteiger partial charge is 0.274 e. The average molecular weight is 450 g/mol. The number of benzene rings is 3. The second kappa shape index (κ2) is 7.00. The summed E-state index contributed by atoms with van der Waals surface area (Å²) in [6.07, 6.45) is 0. The normalized spacial score (nSPS) is 21.4. The highest BCUT2D eigenvalue weighted by Crippen LogP contribution is 2.52. The van der Waals surface area contributed by atoms with Crippen LogP contribution in [0.15, 0.2) is 72.8 Å². The molecular formula is C24H19FN2O4S. The zero-order chi connectivity index (χ0) is 22.7. The molecule has 3 aromatic carbocycles. The van der Waals surface area contributed by atoms with Gasteiger partial charge in [0.25, 0.3) is 10.8 Å². The van der Waals surface area contributed by atoms with E-state index in [1.807, 2.05) is 6.92 Å². The summed E-state index contributed by atoms with van der Waals surface area (Å²) in [5.41, 5.74) is 2.04. The fourth-order valence-electron chi connectivity index (χ4n) is 4.54. The minimum Gasteiger partial charge on any atom is -0.304 e. The number of hydrogen-bond acceptors (Lipinski definition) is 4. The molecule has 8 heteroatoms. The van der Waals surface area contributed by atoms with Crippen LogP contribution in [0.25, 0.3) is 0 Å². The van der Waals surface area contributed by atoms with Gasteiger partial charge in [-0.3, -0.25) is 14.5 Å². The number of amides is 2. The molecule has 0 bridgehead atoms. The zero-order valence-corrected chi connectivity index (χ0v) is 18.0. The molecule has 5 rings (SSSR count). The van der Waals surface area contributed by atoms with E-state index in [9.17, 15) is 22.4 Å². The van der Waals surface area contributed by atoms with Gasteiger partial charge in [-0.1, -0.05) is 54.1 Å². The van der Waals surface area contributed by atoms with Gasteiger partial charge in [-0.25, -0.2) is 12.8 Å². The van der Waals surface area contributed by atoms with Crippen LogP contribution >= 0.6 is 0 Å². The van der Waals surface area contributed by atoms with Crippen LogP contribution in [0.5, 0.6) is 0 Å². The molecule has 3 aromatic rings. The molecule has 2 aliphatic heterocycles. The molecule has 1 atom stereocenters. The van der Waals surface area contributed by atoms with Gasteiger partial charge >= 0.3 is 0 Å². The van der Waals surface area contributed by atoms with Crippen molar-refractivity contribution in [2.24, 2.45) is 0 Å². The van der Waals surface area contributed by atoms with E-state index in [2.05, 4.69) is 0 Å². The summed E-state index contributed by atoms with van der Waals surface area (Å²) in [5.74, 6) is -2.74. The molecule has 6 nitrogen and oxygen atoms in total. The molecular weight excluding hydrogens is 431 g/mol. The lowest BCUT2D eigenvalue weighted by Crippen LogP contribution is -2.54. The minimum atomic E-state index is -4.25. The Bertz CT molecular complexity index is 1370. The molecule has 1 saturated heterocycles. The first kappa shape index (κ1) is 20.4. The molecule has 1 unspecified atom stereocenters. The van der Waals surface area contributed by atoms with Gasteiger partial charge in [0, 0.05) is 16.8 Å². The Hall–Kier alpha value is -3.52. The second-order valence-electron chi connectivity index (χ2n) is 7.97. The van der Waals surface area contributed by atoms with Crippen molar-refractivity contribution < 1.29 is 22.4 Å². The van der Waals surface area contributed by atoms with Crippen LogP contribution in [0.2, 0.25) is 0 Å². The number of carbonyl (C=O) groups excluding carboxylic acids is 2. The highest BCUT2D eigenvalue weighted by molar-refractivity contribution is 7.94. The van der Waals surface area contributed by atoms with Gasteiger partial charge in [0.1, 0.15) is 11.6 Å². The molecule has 2 heterocycles. The van der Waals surface area contributed by atoms with Crippen LogP contribution < -0.4 is 9.80 Å². The topological polar surface area (TPSA) is 74.8 Å². The maximum Gasteiger partial charge on any atom is 0.274 e. The number of halogens is 1. The zero-order valence-electron chi connectivity index (χ0n) is 17.2. The average Bonchev–Trinajstić information content (AvgIpc) is 3.13. The SMILES string of the molecule is Cc1ccc(N2C(=O)CS(=O)(=O)C23C(=O)N(Cc2ccccc2F)c2ccccc23)cc1. The molecule has 0 saturated carbocycles. The number of carbonyl (C=O) groups is 2. The van der Waals surface area contributed by atoms with E-state index in [0.717, 1.165) is 10.5 Å². The second-order valence-corrected chi connectivity index (χ2v) is 10.1. The van der Waals surface area contributed by atoms with Crippen LogP contribution in [0, 0.1) is 12.7 Å². The number of sulfone groups is 1. The van der Waals surface area contributed by atoms with Crippen molar-refractivity contribution in [1.82, 2.24) is 0 Å². The van der Waals surface area contributed by atoms with E-state index in [1.165, 1.54) is 11.0 Å². The fourth-order valence-corrected chi connectivity index (χ4v) is 6.57. The highest BCUT2D eigenvalue weighted by Gasteiger charge is 2.69. The lowest BCUT2D eigenvalue weighted by atomic mass is 10.0. The summed E-state index contributed by atoms with van der Waals surface area (Å²) in [4.78, 5) is 27.1. The molecule has 1 spiro atoms. The van der Waals surface area contributed by atoms with Crippen LogP contribution in [0.4, 0.5) is 15.8 Å². The van der Waals surface area contributed by atoms with Gasteiger partial charge in [0.2, 0.25) is 5.91 Å². The Balaban J connectivity index is 1.74. The van der Waals surface area contributed by atoms with Crippen LogP contribution in [-0.4, -0.2) is 26.0 Å². The third-order valence-electron chi connectivity index (χ3n) is 6.00. The molecule has 0 aliphatic carbocycles. The van der Waals surface area contributed by atoms with Crippen LogP contribution in [-0.2, 0) is 30.8 Å². The number of rotatable bonds is 3. The van der Waals surface area contributed by atoms with Crippen LogP contribution in [0.3, 0.4) is 0 Å². The highest BCUT2D eigenvalue weighted by atomic mass is 32.2. The first-order valence-corrected chi connectivity index (χ1v) is 11.7. The summed E-state index contributed by atoms with van der Waals surface area (Å²) >= 11 is 0. The third kappa shape index (κ3) is 2.65. The molecule has 2 aliphatic rings. The molecule has 2 amide bonds. The summed E-state index contributed by atoms with van der Waals surface area (Å²) in [5, 5.41) is 0. The van der Waals surface area contributed by atoms with Crippen molar-refractivity contribution in [1.29, 1.82) is 0 Å². The Kier molecular flexibility index (Phi) is 4.46. The van der Waals surface area contributed by atoms with Crippen LogP contribution in [0.1, 0.15) is 16.7 Å². The van der Waals surface area contributed by atoms with E-state index < -0.39 is 38.1 Å². The predicted octanol–water partition coefficient (Wildman–Crippen LogP) is 3.30. The van der Waals surface area contributed by atoms with E-state index in [1.54, 1.807) is 66.7 Å². The number of nitrogens with zero attached hydrogens (tertiary/aromatic N) is 2. The van der Waals surface area contributed by atoms with Crippen molar-refractivity contribution in [3.8, 4) is 0 Å². The largest absolute Gasteiger partial charge is 0.304 e. The summed E-state index contributed by atoms with van der Waals surface area (Å²) in [7, 11) is -4.25. The molecule has 0 N–H and O–H groups in total. The Morgan fingerprint density at radius 3 is 2.31 bits per heavy atom. The van der Waals surface area contributed by atoms with E-state index >= 15 is 0 Å². The Morgan fingerprint density at radius 1 is 0.938 bits per heavy atom. The van der Waals surface area contributed by atoms with E-state index in [0.29, 0.717) is 11.4 Å². The van der Waals surface area contributed by atoms with Crippen molar-refractivity contribution in [2.45, 2.75) is 18.3 Å². The summed E-state index contributed by atoms with van der Waals surface area (Å²) in [6, 6.07) is 19.3. The van der Waals surface area contributed by atoms with E-state index in [4.69, 9.17) is 0 Å². The van der Waals surface area contributed by atoms with Gasteiger partial charge < -0.3 is 4.90 Å². The van der Waals surface area contributed by atoms with Gasteiger partial charge in [-0.05, 0) is 31.2 Å². The lowest BCUT2D eigenvalue weighted by Gasteiger charge is -2.32. The first-order chi connectivity index (χ1) is 15.3. The first-order valence-electron chi connectivity index (χ1n) is 10.0. The Labute approximate surface area is 184 Å². The van der Waals surface area contributed by atoms with Crippen molar-refractivity contribution in [3.63, 3.8) is 0 Å². The molecule has 32 heavy (non-hydrogen) atoms. The monoisotopic (exact) mass is 450 g/mol. The molecule has 0 radical (unpaired) electrons. The molecule has 0 aromatic heterocycles. The summed E-state index contributed by atoms with van der Waals surface area (Å²) < 4.78 is 41.4. The number of anilines is 2. The third-order valence-corrected chi connectivity index (χ3v) is 8.11. The number of fused-ring (bicyclic) bond motifs is 2. The standard InChI is InChI=1S/C24H19FN2O4S/c1-16-10-12-18(13-11-16)27-22(28)15-32(30,31)24(27)19-7-3-5-9-21(19)26(23(24)29)14-17-6-2-4-8-20(17)25/h2-13H,14-15H2,1H3. The maximum absolute atomic E-state index is 14.4. The Morgan fingerprint density at radius 2 is 1.59 bits per heavy atom. The molecule has 162 valence electrons. The predicted molar refractivity (Wildman–Crippen MR) is 118 cm³/mol. The van der Waals surface area contributed by atoms with Gasteiger partial charge in [0.05, 0.1) is 12.2 Å². The van der Waals surface area contributed by atoms with Gasteiger partial charge in [-0.15, -0.1) is 0 Å². The number of hydrogen-bond donors (Lipinski definition) is 0. The minimum absolute atomic E-state index is 0.157. The van der Waals surface area contributed by atoms with Crippen molar-refractivity contribution in [2.75, 3.05) is 15.6 Å².